The summed E-state index contributed by atoms with van der Waals surface area (Å²) in [6.07, 6.45) is -1.98. The minimum absolute atomic E-state index is 0.00610. The highest BCUT2D eigenvalue weighted by atomic mass is 32.2. The summed E-state index contributed by atoms with van der Waals surface area (Å²) in [6.45, 7) is 2.45. The predicted octanol–water partition coefficient (Wildman–Crippen LogP) is -0.182. The number of amides is 3. The minimum Gasteiger partial charge on any atom is -0.467 e. The Morgan fingerprint density at radius 3 is 2.30 bits per heavy atom. The summed E-state index contributed by atoms with van der Waals surface area (Å²) in [6, 6.07) is 12.4. The third-order valence-electron chi connectivity index (χ3n) is 6.00. The van der Waals surface area contributed by atoms with Crippen LogP contribution in [-0.2, 0) is 40.5 Å². The van der Waals surface area contributed by atoms with Gasteiger partial charge in [0.1, 0.15) is 12.6 Å². The lowest BCUT2D eigenvalue weighted by molar-refractivity contribution is -0.148. The van der Waals surface area contributed by atoms with Gasteiger partial charge >= 0.3 is 12.1 Å². The monoisotopic (exact) mass is 634 g/mol. The molecule has 44 heavy (non-hydrogen) atoms. The van der Waals surface area contributed by atoms with Gasteiger partial charge < -0.3 is 36.3 Å². The van der Waals surface area contributed by atoms with Gasteiger partial charge in [0.25, 0.3) is 10.0 Å². The fraction of sp³-hybridized carbons (Fsp3) is 0.393. The number of benzene rings is 2. The van der Waals surface area contributed by atoms with Gasteiger partial charge in [-0.2, -0.15) is 0 Å². The number of ether oxygens (including phenoxy) is 2. The molecule has 0 aromatic heterocycles. The topological polar surface area (TPSA) is 228 Å². The number of hydrogen-bond acceptors (Lipinski definition) is 10. The molecule has 2 aromatic carbocycles. The number of carbonyl (C=O) groups is 4. The first-order valence-electron chi connectivity index (χ1n) is 13.5. The maximum atomic E-state index is 12.9. The number of alkyl carbamates (subject to hydrolysis) is 1. The van der Waals surface area contributed by atoms with Crippen LogP contribution in [0.3, 0.4) is 0 Å². The van der Waals surface area contributed by atoms with E-state index >= 15 is 0 Å². The molecule has 7 N–H and O–H groups in total. The lowest BCUT2D eigenvalue weighted by Gasteiger charge is -2.20. The van der Waals surface area contributed by atoms with E-state index in [1.165, 1.54) is 19.1 Å². The number of nitrogens with one attached hydrogen (secondary N) is 4. The van der Waals surface area contributed by atoms with Crippen LogP contribution in [0.5, 0.6) is 0 Å². The molecule has 0 heterocycles. The van der Waals surface area contributed by atoms with Crippen molar-refractivity contribution >= 4 is 39.9 Å². The number of nitrogens with two attached hydrogens (primary N) is 1. The molecule has 3 amide bonds. The summed E-state index contributed by atoms with van der Waals surface area (Å²) in [7, 11) is -2.86. The highest BCUT2D eigenvalue weighted by Crippen LogP contribution is 2.09. The maximum Gasteiger partial charge on any atom is 0.408 e. The van der Waals surface area contributed by atoms with Crippen molar-refractivity contribution in [1.29, 1.82) is 0 Å². The van der Waals surface area contributed by atoms with Crippen molar-refractivity contribution in [1.82, 2.24) is 20.7 Å². The van der Waals surface area contributed by atoms with Gasteiger partial charge in [0.2, 0.25) is 17.8 Å². The Balaban J connectivity index is 1.99. The Labute approximate surface area is 255 Å². The molecule has 240 valence electrons. The molecule has 3 atom stereocenters. The molecule has 2 aromatic rings. The van der Waals surface area contributed by atoms with Gasteiger partial charge in [-0.3, -0.25) is 14.6 Å². The van der Waals surface area contributed by atoms with E-state index in [1.807, 2.05) is 6.92 Å². The van der Waals surface area contributed by atoms with E-state index in [1.54, 1.807) is 42.5 Å². The molecule has 0 saturated carbocycles. The molecule has 0 aliphatic rings. The molecular weight excluding hydrogens is 596 g/mol. The Morgan fingerprint density at radius 1 is 1.02 bits per heavy atom. The number of methoxy groups -OCH3 is 1. The SMILES string of the molecule is COC(=O)[C@H](NC(=O)CNC(=O)[C@H](CCCN=C(N)NS(=O)(=O)c1ccc(C)cc1)NC(=O)OCc1ccccc1)[C@@H](C)O. The van der Waals surface area contributed by atoms with Gasteiger partial charge in [0.15, 0.2) is 6.04 Å². The molecule has 0 saturated heterocycles. The van der Waals surface area contributed by atoms with Crippen molar-refractivity contribution in [3.05, 3.63) is 65.7 Å². The zero-order chi connectivity index (χ0) is 32.7. The van der Waals surface area contributed by atoms with Crippen LogP contribution in [-0.4, -0.2) is 81.7 Å². The van der Waals surface area contributed by atoms with E-state index < -0.39 is 58.6 Å². The summed E-state index contributed by atoms with van der Waals surface area (Å²) >= 11 is 0. The van der Waals surface area contributed by atoms with Crippen LogP contribution in [0, 0.1) is 6.92 Å². The molecule has 16 heteroatoms. The molecule has 0 radical (unpaired) electrons. The van der Waals surface area contributed by atoms with Gasteiger partial charge in [0, 0.05) is 6.54 Å². The number of carbonyl (C=O) groups excluding carboxylic acids is 4. The van der Waals surface area contributed by atoms with Crippen LogP contribution in [0.4, 0.5) is 4.79 Å². The molecule has 0 bridgehead atoms. The Kier molecular flexibility index (Phi) is 14.1. The first kappa shape index (κ1) is 35.5. The standard InChI is InChI=1S/C28H38N6O9S/c1-18-11-13-21(14-12-18)44(40,41)34-27(29)30-15-7-10-22(32-28(39)43-17-20-8-5-4-6-9-20)25(37)31-16-23(36)33-24(19(2)35)26(38)42-3/h4-6,8-9,11-14,19,22,24,35H,7,10,15-17H2,1-3H3,(H,31,37)(H,32,39)(H,33,36)(H3,29,30,34)/t19-,22+,24-/m1/s1. The van der Waals surface area contributed by atoms with Gasteiger partial charge in [0.05, 0.1) is 24.7 Å². The van der Waals surface area contributed by atoms with Gasteiger partial charge in [-0.25, -0.2) is 22.7 Å². The summed E-state index contributed by atoms with van der Waals surface area (Å²) in [5, 5.41) is 16.8. The number of aliphatic imine (C=N–C) groups is 1. The normalized spacial score (nSPS) is 13.5. The second kappa shape index (κ2) is 17.4. The molecule has 0 unspecified atom stereocenters. The zero-order valence-corrected chi connectivity index (χ0v) is 25.4. The molecule has 2 rings (SSSR count). The molecule has 0 aliphatic carbocycles. The quantitative estimate of drug-likeness (QED) is 0.0655. The van der Waals surface area contributed by atoms with Crippen molar-refractivity contribution in [3.63, 3.8) is 0 Å². The average Bonchev–Trinajstić information content (AvgIpc) is 2.99. The number of aliphatic hydroxyl groups is 1. The summed E-state index contributed by atoms with van der Waals surface area (Å²) in [4.78, 5) is 53.4. The highest BCUT2D eigenvalue weighted by molar-refractivity contribution is 7.90. The number of aryl methyl sites for hydroxylation is 1. The van der Waals surface area contributed by atoms with E-state index in [4.69, 9.17) is 10.5 Å². The number of guanidine groups is 1. The Bertz CT molecular complexity index is 1400. The second-order valence-electron chi connectivity index (χ2n) is 9.61. The fourth-order valence-electron chi connectivity index (χ4n) is 3.64. The van der Waals surface area contributed by atoms with Crippen LogP contribution in [0.15, 0.2) is 64.5 Å². The largest absolute Gasteiger partial charge is 0.467 e. The van der Waals surface area contributed by atoms with Crippen LogP contribution in [0.1, 0.15) is 30.9 Å². The van der Waals surface area contributed by atoms with Crippen LogP contribution in [0.25, 0.3) is 0 Å². The smallest absolute Gasteiger partial charge is 0.408 e. The number of sulfonamides is 1. The lowest BCUT2D eigenvalue weighted by atomic mass is 10.1. The third-order valence-corrected chi connectivity index (χ3v) is 7.37. The number of hydrogen-bond donors (Lipinski definition) is 6. The van der Waals surface area contributed by atoms with Crippen LogP contribution in [0.2, 0.25) is 0 Å². The van der Waals surface area contributed by atoms with Crippen molar-refractivity contribution in [3.8, 4) is 0 Å². The number of rotatable bonds is 15. The van der Waals surface area contributed by atoms with Crippen molar-refractivity contribution in [2.24, 2.45) is 10.7 Å². The maximum absolute atomic E-state index is 12.9. The minimum atomic E-state index is -3.95. The summed E-state index contributed by atoms with van der Waals surface area (Å²) in [5.74, 6) is -2.78. The fourth-order valence-corrected chi connectivity index (χ4v) is 4.59. The van der Waals surface area contributed by atoms with Crippen molar-refractivity contribution in [2.75, 3.05) is 20.2 Å². The summed E-state index contributed by atoms with van der Waals surface area (Å²) in [5.41, 5.74) is 7.35. The van der Waals surface area contributed by atoms with Crippen molar-refractivity contribution < 1.29 is 42.2 Å². The van der Waals surface area contributed by atoms with Gasteiger partial charge in [-0.15, -0.1) is 0 Å². The first-order chi connectivity index (χ1) is 20.8. The molecule has 0 aliphatic heterocycles. The number of nitrogens with zero attached hydrogens (tertiary/aromatic N) is 1. The molecular formula is C28H38N6O9S. The molecule has 15 nitrogen and oxygen atoms in total. The summed E-state index contributed by atoms with van der Waals surface area (Å²) < 4.78 is 36.9. The number of esters is 1. The van der Waals surface area contributed by atoms with Gasteiger partial charge in [-0.1, -0.05) is 48.0 Å². The van der Waals surface area contributed by atoms with E-state index in [0.717, 1.165) is 18.2 Å². The van der Waals surface area contributed by atoms with Crippen LogP contribution >= 0.6 is 0 Å². The molecule has 0 fully saturated rings. The lowest BCUT2D eigenvalue weighted by Crippen LogP contribution is -2.53. The highest BCUT2D eigenvalue weighted by Gasteiger charge is 2.27. The van der Waals surface area contributed by atoms with E-state index in [-0.39, 0.29) is 36.8 Å². The van der Waals surface area contributed by atoms with E-state index in [9.17, 15) is 32.7 Å². The second-order valence-corrected chi connectivity index (χ2v) is 11.3. The Morgan fingerprint density at radius 2 is 1.68 bits per heavy atom. The van der Waals surface area contributed by atoms with Crippen molar-refractivity contribution in [2.45, 2.75) is 56.4 Å². The Hall–Kier alpha value is -4.70. The van der Waals surface area contributed by atoms with E-state index in [2.05, 4.69) is 30.4 Å². The number of aliphatic hydroxyl groups excluding tert-OH is 1. The van der Waals surface area contributed by atoms with E-state index in [0.29, 0.717) is 0 Å². The third kappa shape index (κ3) is 12.3. The van der Waals surface area contributed by atoms with Crippen LogP contribution < -0.4 is 26.4 Å². The average molecular weight is 635 g/mol. The first-order valence-corrected chi connectivity index (χ1v) is 15.0. The predicted molar refractivity (Wildman–Crippen MR) is 159 cm³/mol. The molecule has 0 spiro atoms. The zero-order valence-electron chi connectivity index (χ0n) is 24.6. The van der Waals surface area contributed by atoms with Gasteiger partial charge in [-0.05, 0) is 44.4 Å².